The highest BCUT2D eigenvalue weighted by Crippen LogP contribution is 2.28. The van der Waals surface area contributed by atoms with Gasteiger partial charge in [-0.05, 0) is 24.3 Å². The Balaban J connectivity index is 1.80. The third-order valence-electron chi connectivity index (χ3n) is 2.63. The zero-order valence-corrected chi connectivity index (χ0v) is 7.94. The van der Waals surface area contributed by atoms with Crippen molar-refractivity contribution in [1.82, 2.24) is 0 Å². The van der Waals surface area contributed by atoms with E-state index in [-0.39, 0.29) is 0 Å². The van der Waals surface area contributed by atoms with Gasteiger partial charge in [0.1, 0.15) is 0 Å². The van der Waals surface area contributed by atoms with Crippen molar-refractivity contribution < 1.29 is 4.74 Å². The van der Waals surface area contributed by atoms with Gasteiger partial charge in [0.15, 0.2) is 0 Å². The van der Waals surface area contributed by atoms with Crippen LogP contribution in [0.25, 0.3) is 0 Å². The summed E-state index contributed by atoms with van der Waals surface area (Å²) in [5.74, 6) is 0.642. The van der Waals surface area contributed by atoms with Gasteiger partial charge < -0.3 is 4.74 Å². The Morgan fingerprint density at radius 3 is 2.62 bits per heavy atom. The standard InChI is InChI=1S/C12H15O/c1-10-7-8-12(10)13-9-11-5-3-2-4-6-11/h2-7,10,12H,8-9H2,1H3. The molecule has 0 aliphatic heterocycles. The van der Waals surface area contributed by atoms with Crippen molar-refractivity contribution in [2.75, 3.05) is 0 Å². The highest BCUT2D eigenvalue weighted by atomic mass is 16.5. The number of rotatable bonds is 3. The molecule has 1 fully saturated rings. The summed E-state index contributed by atoms with van der Waals surface area (Å²) in [7, 11) is 0. The second kappa shape index (κ2) is 3.93. The van der Waals surface area contributed by atoms with E-state index in [0.29, 0.717) is 12.0 Å². The lowest BCUT2D eigenvalue weighted by atomic mass is 9.83. The van der Waals surface area contributed by atoms with E-state index in [1.807, 2.05) is 6.07 Å². The van der Waals surface area contributed by atoms with Gasteiger partial charge in [0, 0.05) is 0 Å². The molecule has 1 heteroatoms. The lowest BCUT2D eigenvalue weighted by molar-refractivity contribution is -0.0197. The predicted octanol–water partition coefficient (Wildman–Crippen LogP) is 2.82. The average molecular weight is 175 g/mol. The summed E-state index contributed by atoms with van der Waals surface area (Å²) in [6, 6.07) is 10.3. The fourth-order valence-corrected chi connectivity index (χ4v) is 1.52. The first-order chi connectivity index (χ1) is 6.36. The molecular formula is C12H15O. The average Bonchev–Trinajstić information content (AvgIpc) is 2.17. The molecule has 2 unspecified atom stereocenters. The largest absolute Gasteiger partial charge is 0.373 e. The summed E-state index contributed by atoms with van der Waals surface area (Å²) in [4.78, 5) is 0. The molecule has 2 atom stereocenters. The second-order valence-corrected chi connectivity index (χ2v) is 3.67. The van der Waals surface area contributed by atoms with E-state index in [0.717, 1.165) is 13.0 Å². The van der Waals surface area contributed by atoms with Crippen LogP contribution in [0.2, 0.25) is 0 Å². The molecule has 1 aromatic carbocycles. The molecule has 0 bridgehead atoms. The van der Waals surface area contributed by atoms with Crippen molar-refractivity contribution in [2.24, 2.45) is 5.92 Å². The van der Waals surface area contributed by atoms with Crippen LogP contribution in [0.15, 0.2) is 30.3 Å². The monoisotopic (exact) mass is 175 g/mol. The van der Waals surface area contributed by atoms with Gasteiger partial charge in [-0.15, -0.1) is 0 Å². The van der Waals surface area contributed by atoms with Crippen LogP contribution in [0.1, 0.15) is 18.9 Å². The van der Waals surface area contributed by atoms with Crippen molar-refractivity contribution in [3.8, 4) is 0 Å². The highest BCUT2D eigenvalue weighted by molar-refractivity contribution is 5.13. The highest BCUT2D eigenvalue weighted by Gasteiger charge is 2.27. The van der Waals surface area contributed by atoms with E-state index in [9.17, 15) is 0 Å². The van der Waals surface area contributed by atoms with Gasteiger partial charge in [0.05, 0.1) is 12.7 Å². The molecule has 1 radical (unpaired) electrons. The van der Waals surface area contributed by atoms with E-state index in [1.165, 1.54) is 5.56 Å². The van der Waals surface area contributed by atoms with Crippen molar-refractivity contribution >= 4 is 0 Å². The van der Waals surface area contributed by atoms with E-state index < -0.39 is 0 Å². The second-order valence-electron chi connectivity index (χ2n) is 3.67. The van der Waals surface area contributed by atoms with Crippen LogP contribution in [0.4, 0.5) is 0 Å². The van der Waals surface area contributed by atoms with Gasteiger partial charge in [-0.3, -0.25) is 0 Å². The maximum Gasteiger partial charge on any atom is 0.0720 e. The summed E-state index contributed by atoms with van der Waals surface area (Å²) in [5, 5.41) is 0. The van der Waals surface area contributed by atoms with Gasteiger partial charge in [0.25, 0.3) is 0 Å². The molecule has 0 N–H and O–H groups in total. The van der Waals surface area contributed by atoms with Gasteiger partial charge in [-0.2, -0.15) is 0 Å². The zero-order valence-electron chi connectivity index (χ0n) is 7.94. The molecule has 2 rings (SSSR count). The van der Waals surface area contributed by atoms with Crippen molar-refractivity contribution in [2.45, 2.75) is 26.1 Å². The fraction of sp³-hybridized carbons (Fsp3) is 0.417. The minimum absolute atomic E-state index is 0.459. The van der Waals surface area contributed by atoms with Crippen LogP contribution < -0.4 is 0 Å². The Kier molecular flexibility index (Phi) is 2.65. The first-order valence-corrected chi connectivity index (χ1v) is 4.85. The SMILES string of the molecule is CC1[CH]CC1OCc1ccccc1. The molecule has 0 spiro atoms. The third-order valence-corrected chi connectivity index (χ3v) is 2.63. The molecule has 1 aromatic rings. The Morgan fingerprint density at radius 2 is 2.08 bits per heavy atom. The van der Waals surface area contributed by atoms with Crippen molar-refractivity contribution in [3.05, 3.63) is 42.3 Å². The number of benzene rings is 1. The van der Waals surface area contributed by atoms with Crippen LogP contribution >= 0.6 is 0 Å². The van der Waals surface area contributed by atoms with E-state index in [2.05, 4.69) is 37.6 Å². The van der Waals surface area contributed by atoms with Crippen LogP contribution in [-0.4, -0.2) is 6.10 Å². The molecular weight excluding hydrogens is 160 g/mol. The predicted molar refractivity (Wildman–Crippen MR) is 53.1 cm³/mol. The third kappa shape index (κ3) is 2.10. The zero-order chi connectivity index (χ0) is 9.10. The Morgan fingerprint density at radius 1 is 1.31 bits per heavy atom. The quantitative estimate of drug-likeness (QED) is 0.686. The number of hydrogen-bond donors (Lipinski definition) is 0. The molecule has 13 heavy (non-hydrogen) atoms. The molecule has 69 valence electrons. The van der Waals surface area contributed by atoms with Crippen molar-refractivity contribution in [3.63, 3.8) is 0 Å². The number of ether oxygens (including phenoxy) is 1. The van der Waals surface area contributed by atoms with Gasteiger partial charge in [-0.1, -0.05) is 37.3 Å². The molecule has 1 nitrogen and oxygen atoms in total. The molecule has 1 saturated carbocycles. The first-order valence-electron chi connectivity index (χ1n) is 4.85. The van der Waals surface area contributed by atoms with Crippen LogP contribution in [-0.2, 0) is 11.3 Å². The van der Waals surface area contributed by atoms with E-state index >= 15 is 0 Å². The van der Waals surface area contributed by atoms with Crippen molar-refractivity contribution in [1.29, 1.82) is 0 Å². The van der Waals surface area contributed by atoms with Gasteiger partial charge in [0.2, 0.25) is 0 Å². The minimum Gasteiger partial charge on any atom is -0.373 e. The summed E-state index contributed by atoms with van der Waals surface area (Å²) in [5.41, 5.74) is 1.27. The normalized spacial score (nSPS) is 26.8. The Labute approximate surface area is 79.7 Å². The molecule has 1 aliphatic carbocycles. The summed E-state index contributed by atoms with van der Waals surface area (Å²) < 4.78 is 5.74. The minimum atomic E-state index is 0.459. The summed E-state index contributed by atoms with van der Waals surface area (Å²) in [6.45, 7) is 2.96. The molecule has 0 aromatic heterocycles. The van der Waals surface area contributed by atoms with Gasteiger partial charge >= 0.3 is 0 Å². The topological polar surface area (TPSA) is 9.23 Å². The van der Waals surface area contributed by atoms with Crippen LogP contribution in [0.5, 0.6) is 0 Å². The van der Waals surface area contributed by atoms with Crippen LogP contribution in [0, 0.1) is 12.3 Å². The maximum atomic E-state index is 5.74. The van der Waals surface area contributed by atoms with Crippen LogP contribution in [0.3, 0.4) is 0 Å². The fourth-order valence-electron chi connectivity index (χ4n) is 1.52. The lowest BCUT2D eigenvalue weighted by Crippen LogP contribution is -2.32. The Bertz CT molecular complexity index is 255. The van der Waals surface area contributed by atoms with E-state index in [4.69, 9.17) is 4.74 Å². The molecule has 0 amide bonds. The van der Waals surface area contributed by atoms with E-state index in [1.54, 1.807) is 0 Å². The molecule has 0 heterocycles. The first kappa shape index (κ1) is 8.76. The molecule has 1 aliphatic rings. The van der Waals surface area contributed by atoms with Gasteiger partial charge in [-0.25, -0.2) is 0 Å². The maximum absolute atomic E-state index is 5.74. The number of hydrogen-bond acceptors (Lipinski definition) is 1. The summed E-state index contributed by atoms with van der Waals surface area (Å²) in [6.07, 6.45) is 3.88. The Hall–Kier alpha value is -0.820. The summed E-state index contributed by atoms with van der Waals surface area (Å²) >= 11 is 0. The smallest absolute Gasteiger partial charge is 0.0720 e. The molecule has 0 saturated heterocycles. The lowest BCUT2D eigenvalue weighted by Gasteiger charge is -2.33.